The molecule has 0 saturated heterocycles. The number of nitrogens with zero attached hydrogens (tertiary/aromatic N) is 2. The van der Waals surface area contributed by atoms with E-state index in [0.29, 0.717) is 11.5 Å². The minimum Gasteiger partial charge on any atom is -0.460 e. The molecule has 23 heavy (non-hydrogen) atoms. The van der Waals surface area contributed by atoms with Gasteiger partial charge in [0.25, 0.3) is 5.91 Å². The number of hydrogen-bond acceptors (Lipinski definition) is 4. The third kappa shape index (κ3) is 3.75. The number of halogens is 1. The van der Waals surface area contributed by atoms with Crippen molar-refractivity contribution in [1.82, 2.24) is 15.6 Å². The summed E-state index contributed by atoms with van der Waals surface area (Å²) >= 11 is 3.36. The van der Waals surface area contributed by atoms with Gasteiger partial charge in [-0.1, -0.05) is 28.1 Å². The maximum absolute atomic E-state index is 12.0. The van der Waals surface area contributed by atoms with Crippen molar-refractivity contribution in [3.63, 3.8) is 0 Å². The smallest absolute Gasteiger partial charge is 0.291 e. The Bertz CT molecular complexity index is 849. The highest BCUT2D eigenvalue weighted by molar-refractivity contribution is 9.10. The molecule has 116 valence electrons. The van der Waals surface area contributed by atoms with Gasteiger partial charge in [-0.3, -0.25) is 9.89 Å². The summed E-state index contributed by atoms with van der Waals surface area (Å²) in [5.74, 6) is 1.02. The van der Waals surface area contributed by atoms with Crippen LogP contribution in [-0.4, -0.2) is 22.3 Å². The predicted octanol–water partition coefficient (Wildman–Crippen LogP) is 3.50. The zero-order valence-corrected chi connectivity index (χ0v) is 13.8. The fourth-order valence-corrected chi connectivity index (χ4v) is 2.18. The van der Waals surface area contributed by atoms with Crippen LogP contribution in [-0.2, 0) is 0 Å². The summed E-state index contributed by atoms with van der Waals surface area (Å²) in [6.07, 6.45) is 1.56. The normalized spacial score (nSPS) is 11.0. The number of carbonyl (C=O) groups is 1. The molecule has 1 aromatic carbocycles. The van der Waals surface area contributed by atoms with Crippen molar-refractivity contribution in [3.8, 4) is 11.5 Å². The first-order valence-corrected chi connectivity index (χ1v) is 7.62. The Kier molecular flexibility index (Phi) is 4.38. The predicted molar refractivity (Wildman–Crippen MR) is 90.2 cm³/mol. The molecule has 0 atom stereocenters. The van der Waals surface area contributed by atoms with Crippen LogP contribution in [0, 0.1) is 6.92 Å². The molecule has 3 rings (SSSR count). The van der Waals surface area contributed by atoms with E-state index in [0.717, 1.165) is 15.8 Å². The summed E-state index contributed by atoms with van der Waals surface area (Å²) in [4.78, 5) is 12.0. The quantitative estimate of drug-likeness (QED) is 0.542. The number of hydrazone groups is 1. The van der Waals surface area contributed by atoms with E-state index >= 15 is 0 Å². The van der Waals surface area contributed by atoms with Crippen molar-refractivity contribution in [2.75, 3.05) is 0 Å². The highest BCUT2D eigenvalue weighted by Gasteiger charge is 2.12. The topological polar surface area (TPSA) is 83.3 Å². The van der Waals surface area contributed by atoms with Gasteiger partial charge in [-0.2, -0.15) is 10.2 Å². The van der Waals surface area contributed by atoms with Gasteiger partial charge < -0.3 is 4.42 Å². The number of benzene rings is 1. The first-order valence-electron chi connectivity index (χ1n) is 6.83. The van der Waals surface area contributed by atoms with E-state index in [4.69, 9.17) is 4.42 Å². The zero-order valence-electron chi connectivity index (χ0n) is 12.2. The van der Waals surface area contributed by atoms with Gasteiger partial charge in [0.2, 0.25) is 0 Å². The Hall–Kier alpha value is -2.67. The molecule has 0 bridgehead atoms. The summed E-state index contributed by atoms with van der Waals surface area (Å²) in [7, 11) is 0. The summed E-state index contributed by atoms with van der Waals surface area (Å²) in [5.41, 5.74) is 4.19. The van der Waals surface area contributed by atoms with Crippen LogP contribution >= 0.6 is 15.9 Å². The van der Waals surface area contributed by atoms with Crippen molar-refractivity contribution in [2.24, 2.45) is 5.10 Å². The maximum atomic E-state index is 12.0. The molecule has 6 nitrogen and oxygen atoms in total. The number of aromatic nitrogens is 2. The van der Waals surface area contributed by atoms with E-state index in [9.17, 15) is 4.79 Å². The molecule has 0 unspecified atom stereocenters. The molecular weight excluding hydrogens is 360 g/mol. The number of rotatable bonds is 4. The number of carbonyl (C=O) groups excluding carboxylic acids is 1. The van der Waals surface area contributed by atoms with Crippen molar-refractivity contribution in [2.45, 2.75) is 6.92 Å². The van der Waals surface area contributed by atoms with Gasteiger partial charge in [-0.15, -0.1) is 0 Å². The molecule has 0 radical (unpaired) electrons. The van der Waals surface area contributed by atoms with Gasteiger partial charge in [0.15, 0.2) is 11.5 Å². The number of nitrogens with one attached hydrogen (secondary N) is 2. The van der Waals surface area contributed by atoms with E-state index in [1.165, 1.54) is 0 Å². The fourth-order valence-electron chi connectivity index (χ4n) is 1.92. The SMILES string of the molecule is Cc1ccc(-c2cc(C(=O)N/N=C\c3ccc(Br)cc3)n[nH]2)o1. The van der Waals surface area contributed by atoms with Crippen molar-refractivity contribution >= 4 is 28.1 Å². The highest BCUT2D eigenvalue weighted by Crippen LogP contribution is 2.20. The molecule has 0 aliphatic rings. The summed E-state index contributed by atoms with van der Waals surface area (Å²) < 4.78 is 6.46. The highest BCUT2D eigenvalue weighted by atomic mass is 79.9. The van der Waals surface area contributed by atoms with E-state index < -0.39 is 5.91 Å². The van der Waals surface area contributed by atoms with Gasteiger partial charge in [-0.05, 0) is 36.8 Å². The van der Waals surface area contributed by atoms with Gasteiger partial charge in [0, 0.05) is 10.5 Å². The largest absolute Gasteiger partial charge is 0.460 e. The lowest BCUT2D eigenvalue weighted by atomic mass is 10.2. The van der Waals surface area contributed by atoms with E-state index in [2.05, 4.69) is 36.7 Å². The summed E-state index contributed by atoms with van der Waals surface area (Å²) in [5, 5.41) is 10.6. The molecule has 0 aliphatic heterocycles. The van der Waals surface area contributed by atoms with Gasteiger partial charge in [0.1, 0.15) is 11.5 Å². The Labute approximate surface area is 140 Å². The first-order chi connectivity index (χ1) is 11.1. The van der Waals surface area contributed by atoms with Crippen LogP contribution in [0.4, 0.5) is 0 Å². The number of hydrogen-bond donors (Lipinski definition) is 2. The molecule has 1 amide bonds. The molecule has 2 N–H and O–H groups in total. The molecule has 0 saturated carbocycles. The van der Waals surface area contributed by atoms with Crippen LogP contribution in [0.2, 0.25) is 0 Å². The molecular formula is C16H13BrN4O2. The van der Waals surface area contributed by atoms with Crippen molar-refractivity contribution in [3.05, 3.63) is 64.0 Å². The molecule has 0 fully saturated rings. The maximum Gasteiger partial charge on any atom is 0.291 e. The molecule has 3 aromatic rings. The second-order valence-electron chi connectivity index (χ2n) is 4.83. The molecule has 7 heteroatoms. The third-order valence-electron chi connectivity index (χ3n) is 3.07. The van der Waals surface area contributed by atoms with E-state index in [1.807, 2.05) is 43.3 Å². The average molecular weight is 373 g/mol. The summed E-state index contributed by atoms with van der Waals surface area (Å²) in [6, 6.07) is 12.8. The minimum atomic E-state index is -0.399. The standard InChI is InChI=1S/C16H13BrN4O2/c1-10-2-7-15(23-10)13-8-14(20-19-13)16(22)21-18-9-11-3-5-12(17)6-4-11/h2-9H,1H3,(H,19,20)(H,21,22)/b18-9-. The Morgan fingerprint density at radius 1 is 1.30 bits per heavy atom. The molecule has 2 heterocycles. The fraction of sp³-hybridized carbons (Fsp3) is 0.0625. The minimum absolute atomic E-state index is 0.238. The Morgan fingerprint density at radius 2 is 2.09 bits per heavy atom. The number of aryl methyl sites for hydroxylation is 1. The molecule has 0 spiro atoms. The third-order valence-corrected chi connectivity index (χ3v) is 3.59. The lowest BCUT2D eigenvalue weighted by Gasteiger charge is -1.95. The lowest BCUT2D eigenvalue weighted by molar-refractivity contribution is 0.0950. The second kappa shape index (κ2) is 6.62. The first kappa shape index (κ1) is 15.2. The van der Waals surface area contributed by atoms with Crippen LogP contribution in [0.3, 0.4) is 0 Å². The Morgan fingerprint density at radius 3 is 2.78 bits per heavy atom. The average Bonchev–Trinajstić information content (AvgIpc) is 3.18. The van der Waals surface area contributed by atoms with Gasteiger partial charge in [-0.25, -0.2) is 5.43 Å². The van der Waals surface area contributed by atoms with Crippen LogP contribution in [0.15, 0.2) is 56.5 Å². The monoisotopic (exact) mass is 372 g/mol. The summed E-state index contributed by atoms with van der Waals surface area (Å²) in [6.45, 7) is 1.85. The molecule has 2 aromatic heterocycles. The van der Waals surface area contributed by atoms with Gasteiger partial charge in [0.05, 0.1) is 6.21 Å². The van der Waals surface area contributed by atoms with Crippen LogP contribution in [0.1, 0.15) is 21.8 Å². The number of H-pyrrole nitrogens is 1. The zero-order chi connectivity index (χ0) is 16.2. The number of aromatic amines is 1. The lowest BCUT2D eigenvalue weighted by Crippen LogP contribution is -2.17. The van der Waals surface area contributed by atoms with Crippen molar-refractivity contribution in [1.29, 1.82) is 0 Å². The number of amides is 1. The van der Waals surface area contributed by atoms with Crippen LogP contribution < -0.4 is 5.43 Å². The van der Waals surface area contributed by atoms with E-state index in [-0.39, 0.29) is 5.69 Å². The number of furan rings is 1. The second-order valence-corrected chi connectivity index (χ2v) is 5.74. The van der Waals surface area contributed by atoms with Gasteiger partial charge >= 0.3 is 0 Å². The van der Waals surface area contributed by atoms with Crippen LogP contribution in [0.25, 0.3) is 11.5 Å². The van der Waals surface area contributed by atoms with E-state index in [1.54, 1.807) is 12.3 Å². The Balaban J connectivity index is 1.64. The van der Waals surface area contributed by atoms with Crippen molar-refractivity contribution < 1.29 is 9.21 Å². The van der Waals surface area contributed by atoms with Crippen LogP contribution in [0.5, 0.6) is 0 Å². The molecule has 0 aliphatic carbocycles.